The molecule has 0 radical (unpaired) electrons. The number of benzene rings is 1. The lowest BCUT2D eigenvalue weighted by Crippen LogP contribution is -2.09. The zero-order valence-corrected chi connectivity index (χ0v) is 10.1. The van der Waals surface area contributed by atoms with Crippen LogP contribution in [0, 0.1) is 0 Å². The fraction of sp³-hybridized carbons (Fsp3) is 0.417. The molecule has 1 N–H and O–H groups in total. The number of carbonyl (C=O) groups is 1. The van der Waals surface area contributed by atoms with E-state index in [0.29, 0.717) is 17.1 Å². The van der Waals surface area contributed by atoms with Crippen molar-refractivity contribution >= 4 is 5.97 Å². The molecule has 1 atom stereocenters. The summed E-state index contributed by atoms with van der Waals surface area (Å²) in [4.78, 5) is 11.1. The van der Waals surface area contributed by atoms with E-state index in [0.717, 1.165) is 0 Å². The Morgan fingerprint density at radius 3 is 2.53 bits per heavy atom. The van der Waals surface area contributed by atoms with Crippen molar-refractivity contribution in [3.05, 3.63) is 23.8 Å². The molecule has 0 aliphatic carbocycles. The van der Waals surface area contributed by atoms with E-state index >= 15 is 0 Å². The molecule has 0 aromatic heterocycles. The quantitative estimate of drug-likeness (QED) is 0.786. The van der Waals surface area contributed by atoms with Crippen LogP contribution in [0.15, 0.2) is 18.2 Å². The van der Waals surface area contributed by atoms with Crippen LogP contribution in [0.5, 0.6) is 11.5 Å². The lowest BCUT2D eigenvalue weighted by molar-refractivity contribution is -0.142. The Labute approximate surface area is 99.9 Å². The zero-order chi connectivity index (χ0) is 12.8. The molecule has 0 aliphatic rings. The van der Waals surface area contributed by atoms with Crippen LogP contribution in [0.25, 0.3) is 0 Å². The first kappa shape index (κ1) is 13.3. The third kappa shape index (κ3) is 3.35. The van der Waals surface area contributed by atoms with E-state index in [1.54, 1.807) is 25.3 Å². The summed E-state index contributed by atoms with van der Waals surface area (Å²) in [6.07, 6.45) is -1.07. The normalized spacial score (nSPS) is 11.8. The third-order valence-corrected chi connectivity index (χ3v) is 2.39. The number of hydrogen-bond donors (Lipinski definition) is 1. The number of esters is 1. The number of rotatable bonds is 5. The molecule has 5 nitrogen and oxygen atoms in total. The van der Waals surface area contributed by atoms with Gasteiger partial charge in [0.25, 0.3) is 0 Å². The van der Waals surface area contributed by atoms with Gasteiger partial charge in [0.1, 0.15) is 11.5 Å². The lowest BCUT2D eigenvalue weighted by atomic mass is 10.1. The predicted molar refractivity (Wildman–Crippen MR) is 61.1 cm³/mol. The van der Waals surface area contributed by atoms with Gasteiger partial charge in [-0.2, -0.15) is 0 Å². The fourth-order valence-electron chi connectivity index (χ4n) is 1.44. The first-order chi connectivity index (χ1) is 8.12. The minimum absolute atomic E-state index is 0.112. The second kappa shape index (κ2) is 6.10. The molecule has 0 fully saturated rings. The summed E-state index contributed by atoms with van der Waals surface area (Å²) in [5.41, 5.74) is 0.527. The van der Waals surface area contributed by atoms with Gasteiger partial charge in [-0.05, 0) is 12.1 Å². The molecule has 1 aromatic carbocycles. The van der Waals surface area contributed by atoms with Gasteiger partial charge in [0.15, 0.2) is 0 Å². The van der Waals surface area contributed by atoms with E-state index in [2.05, 4.69) is 4.74 Å². The Bertz CT molecular complexity index is 388. The summed E-state index contributed by atoms with van der Waals surface area (Å²) in [5, 5.41) is 9.88. The van der Waals surface area contributed by atoms with E-state index in [9.17, 15) is 9.90 Å². The minimum Gasteiger partial charge on any atom is -0.497 e. The summed E-state index contributed by atoms with van der Waals surface area (Å²) in [7, 11) is 4.31. The van der Waals surface area contributed by atoms with Gasteiger partial charge in [0.2, 0.25) is 0 Å². The molecule has 0 heterocycles. The lowest BCUT2D eigenvalue weighted by Gasteiger charge is -2.14. The second-order valence-electron chi connectivity index (χ2n) is 3.40. The number of methoxy groups -OCH3 is 3. The summed E-state index contributed by atoms with van der Waals surface area (Å²) in [6, 6.07) is 5.00. The van der Waals surface area contributed by atoms with Crippen molar-refractivity contribution in [3.63, 3.8) is 0 Å². The van der Waals surface area contributed by atoms with E-state index in [4.69, 9.17) is 9.47 Å². The molecule has 0 aliphatic heterocycles. The van der Waals surface area contributed by atoms with Crippen molar-refractivity contribution in [2.75, 3.05) is 21.3 Å². The van der Waals surface area contributed by atoms with Gasteiger partial charge in [0, 0.05) is 11.6 Å². The number of aliphatic hydroxyl groups excluding tert-OH is 1. The van der Waals surface area contributed by atoms with Crippen molar-refractivity contribution in [1.82, 2.24) is 0 Å². The van der Waals surface area contributed by atoms with Crippen LogP contribution in [0.2, 0.25) is 0 Å². The average Bonchev–Trinajstić information content (AvgIpc) is 2.37. The number of aliphatic hydroxyl groups is 1. The summed E-state index contributed by atoms with van der Waals surface area (Å²) < 4.78 is 14.7. The molecule has 94 valence electrons. The Kier molecular flexibility index (Phi) is 4.78. The highest BCUT2D eigenvalue weighted by atomic mass is 16.5. The van der Waals surface area contributed by atoms with E-state index in [-0.39, 0.29) is 6.42 Å². The van der Waals surface area contributed by atoms with Crippen LogP contribution in [0.4, 0.5) is 0 Å². The molecule has 1 rings (SSSR count). The van der Waals surface area contributed by atoms with Crippen LogP contribution in [0.3, 0.4) is 0 Å². The zero-order valence-electron chi connectivity index (χ0n) is 10.1. The SMILES string of the molecule is COC(=O)CC(O)c1ccc(OC)cc1OC. The molecular formula is C12H16O5. The second-order valence-corrected chi connectivity index (χ2v) is 3.40. The highest BCUT2D eigenvalue weighted by molar-refractivity contribution is 5.70. The van der Waals surface area contributed by atoms with Crippen LogP contribution >= 0.6 is 0 Å². The van der Waals surface area contributed by atoms with Crippen molar-refractivity contribution in [3.8, 4) is 11.5 Å². The monoisotopic (exact) mass is 240 g/mol. The first-order valence-electron chi connectivity index (χ1n) is 5.09. The molecule has 0 amide bonds. The standard InChI is InChI=1S/C12H16O5/c1-15-8-4-5-9(11(6-8)16-2)10(13)7-12(14)17-3/h4-6,10,13H,7H2,1-3H3. The highest BCUT2D eigenvalue weighted by Crippen LogP contribution is 2.30. The Morgan fingerprint density at radius 1 is 1.29 bits per heavy atom. The molecule has 17 heavy (non-hydrogen) atoms. The highest BCUT2D eigenvalue weighted by Gasteiger charge is 2.17. The van der Waals surface area contributed by atoms with Crippen LogP contribution in [-0.2, 0) is 9.53 Å². The topological polar surface area (TPSA) is 65.0 Å². The fourth-order valence-corrected chi connectivity index (χ4v) is 1.44. The Morgan fingerprint density at radius 2 is 2.00 bits per heavy atom. The maximum absolute atomic E-state index is 11.1. The summed E-state index contributed by atoms with van der Waals surface area (Å²) in [5.74, 6) is 0.618. The molecule has 5 heteroatoms. The summed E-state index contributed by atoms with van der Waals surface area (Å²) in [6.45, 7) is 0. The molecule has 0 saturated carbocycles. The third-order valence-electron chi connectivity index (χ3n) is 2.39. The van der Waals surface area contributed by atoms with Crippen molar-refractivity contribution in [1.29, 1.82) is 0 Å². The van der Waals surface area contributed by atoms with Crippen molar-refractivity contribution < 1.29 is 24.1 Å². The first-order valence-corrected chi connectivity index (χ1v) is 5.09. The van der Waals surface area contributed by atoms with E-state index in [1.165, 1.54) is 14.2 Å². The number of ether oxygens (including phenoxy) is 3. The van der Waals surface area contributed by atoms with Crippen LogP contribution in [-0.4, -0.2) is 32.4 Å². The molecule has 0 spiro atoms. The van der Waals surface area contributed by atoms with Crippen molar-refractivity contribution in [2.45, 2.75) is 12.5 Å². The van der Waals surface area contributed by atoms with Gasteiger partial charge in [0.05, 0.1) is 33.9 Å². The maximum atomic E-state index is 11.1. The average molecular weight is 240 g/mol. The predicted octanol–water partition coefficient (Wildman–Crippen LogP) is 1.30. The van der Waals surface area contributed by atoms with Gasteiger partial charge >= 0.3 is 5.97 Å². The maximum Gasteiger partial charge on any atom is 0.308 e. The van der Waals surface area contributed by atoms with E-state index < -0.39 is 12.1 Å². The van der Waals surface area contributed by atoms with Gasteiger partial charge in [-0.1, -0.05) is 0 Å². The van der Waals surface area contributed by atoms with Crippen LogP contribution in [0.1, 0.15) is 18.1 Å². The molecule has 1 unspecified atom stereocenters. The van der Waals surface area contributed by atoms with Gasteiger partial charge in [-0.25, -0.2) is 0 Å². The van der Waals surface area contributed by atoms with Gasteiger partial charge in [-0.3, -0.25) is 4.79 Å². The minimum atomic E-state index is -0.955. The molecular weight excluding hydrogens is 224 g/mol. The Balaban J connectivity index is 2.92. The largest absolute Gasteiger partial charge is 0.497 e. The number of hydrogen-bond acceptors (Lipinski definition) is 5. The van der Waals surface area contributed by atoms with Crippen molar-refractivity contribution in [2.24, 2.45) is 0 Å². The molecule has 1 aromatic rings. The van der Waals surface area contributed by atoms with Gasteiger partial charge in [-0.15, -0.1) is 0 Å². The molecule has 0 saturated heterocycles. The summed E-state index contributed by atoms with van der Waals surface area (Å²) >= 11 is 0. The Hall–Kier alpha value is -1.75. The smallest absolute Gasteiger partial charge is 0.308 e. The van der Waals surface area contributed by atoms with Crippen LogP contribution < -0.4 is 9.47 Å². The van der Waals surface area contributed by atoms with Gasteiger partial charge < -0.3 is 19.3 Å². The number of carbonyl (C=O) groups excluding carboxylic acids is 1. The molecule has 0 bridgehead atoms. The van der Waals surface area contributed by atoms with E-state index in [1.807, 2.05) is 0 Å².